The minimum Gasteiger partial charge on any atom is -0.371 e. The van der Waals surface area contributed by atoms with Crippen molar-refractivity contribution in [1.82, 2.24) is 10.6 Å². The number of benzene rings is 1. The summed E-state index contributed by atoms with van der Waals surface area (Å²) in [5.41, 5.74) is 1.31. The molecular formula is C17H26BrIN4. The number of hydrogen-bond acceptors (Lipinski definition) is 2. The van der Waals surface area contributed by atoms with E-state index in [1.807, 2.05) is 0 Å². The lowest BCUT2D eigenvalue weighted by atomic mass is 10.1. The van der Waals surface area contributed by atoms with Gasteiger partial charge in [-0.15, -0.1) is 24.0 Å². The Morgan fingerprint density at radius 3 is 2.87 bits per heavy atom. The molecule has 0 spiro atoms. The molecule has 1 aliphatic carbocycles. The summed E-state index contributed by atoms with van der Waals surface area (Å²) in [5, 5.41) is 6.83. The summed E-state index contributed by atoms with van der Waals surface area (Å²) < 4.78 is 1.15. The summed E-state index contributed by atoms with van der Waals surface area (Å²) >= 11 is 3.56. The molecule has 2 fully saturated rings. The van der Waals surface area contributed by atoms with Gasteiger partial charge in [0.2, 0.25) is 0 Å². The predicted octanol–water partition coefficient (Wildman–Crippen LogP) is 3.61. The summed E-state index contributed by atoms with van der Waals surface area (Å²) in [5.74, 6) is 1.64. The van der Waals surface area contributed by atoms with Gasteiger partial charge < -0.3 is 15.5 Å². The number of nitrogens with zero attached hydrogens (tertiary/aromatic N) is 2. The summed E-state index contributed by atoms with van der Waals surface area (Å²) in [6.45, 7) is 6.18. The average molecular weight is 493 g/mol. The van der Waals surface area contributed by atoms with Gasteiger partial charge in [-0.1, -0.05) is 22.0 Å². The summed E-state index contributed by atoms with van der Waals surface area (Å²) in [4.78, 5) is 7.24. The van der Waals surface area contributed by atoms with E-state index in [4.69, 9.17) is 4.99 Å². The van der Waals surface area contributed by atoms with Gasteiger partial charge in [-0.05, 0) is 50.3 Å². The van der Waals surface area contributed by atoms with Crippen molar-refractivity contribution in [2.45, 2.75) is 32.2 Å². The van der Waals surface area contributed by atoms with Crippen LogP contribution in [-0.4, -0.2) is 38.2 Å². The molecule has 2 N–H and O–H groups in total. The molecule has 23 heavy (non-hydrogen) atoms. The van der Waals surface area contributed by atoms with Crippen LogP contribution in [0.4, 0.5) is 5.69 Å². The van der Waals surface area contributed by atoms with E-state index in [1.165, 1.54) is 24.9 Å². The zero-order valence-corrected chi connectivity index (χ0v) is 17.5. The molecule has 0 bridgehead atoms. The third-order valence-electron chi connectivity index (χ3n) is 4.23. The number of guanidine groups is 1. The second kappa shape index (κ2) is 9.11. The summed E-state index contributed by atoms with van der Waals surface area (Å²) in [6, 6.07) is 9.22. The molecular weight excluding hydrogens is 467 g/mol. The fourth-order valence-corrected chi connectivity index (χ4v) is 3.24. The van der Waals surface area contributed by atoms with Gasteiger partial charge in [0.05, 0.1) is 0 Å². The molecule has 1 saturated heterocycles. The van der Waals surface area contributed by atoms with Gasteiger partial charge in [0.15, 0.2) is 5.96 Å². The second-order valence-electron chi connectivity index (χ2n) is 6.22. The lowest BCUT2D eigenvalue weighted by Crippen LogP contribution is -2.39. The van der Waals surface area contributed by atoms with Crippen molar-refractivity contribution in [2.24, 2.45) is 10.9 Å². The molecule has 1 atom stereocenters. The van der Waals surface area contributed by atoms with Crippen LogP contribution >= 0.6 is 39.9 Å². The van der Waals surface area contributed by atoms with Crippen LogP contribution in [-0.2, 0) is 0 Å². The molecule has 1 unspecified atom stereocenters. The van der Waals surface area contributed by atoms with Gasteiger partial charge in [-0.2, -0.15) is 0 Å². The quantitative estimate of drug-likeness (QED) is 0.374. The highest BCUT2D eigenvalue weighted by Crippen LogP contribution is 2.26. The molecule has 4 nitrogen and oxygen atoms in total. The van der Waals surface area contributed by atoms with Gasteiger partial charge in [0.25, 0.3) is 0 Å². The van der Waals surface area contributed by atoms with E-state index in [-0.39, 0.29) is 24.0 Å². The molecule has 6 heteroatoms. The lowest BCUT2D eigenvalue weighted by Gasteiger charge is -2.18. The topological polar surface area (TPSA) is 39.7 Å². The molecule has 3 rings (SSSR count). The first-order chi connectivity index (χ1) is 10.7. The fourth-order valence-electron chi connectivity index (χ4n) is 2.85. The van der Waals surface area contributed by atoms with Gasteiger partial charge in [-0.25, -0.2) is 0 Å². The van der Waals surface area contributed by atoms with E-state index >= 15 is 0 Å². The number of hydrogen-bond donors (Lipinski definition) is 2. The highest BCUT2D eigenvalue weighted by molar-refractivity contribution is 14.0. The molecule has 1 aromatic rings. The first-order valence-corrected chi connectivity index (χ1v) is 9.09. The van der Waals surface area contributed by atoms with Crippen molar-refractivity contribution in [2.75, 3.05) is 31.1 Å². The van der Waals surface area contributed by atoms with Gasteiger partial charge in [0, 0.05) is 42.4 Å². The normalized spacial score (nSPS) is 21.0. The van der Waals surface area contributed by atoms with Crippen LogP contribution in [0.5, 0.6) is 0 Å². The number of rotatable bonds is 5. The SMILES string of the molecule is CCNC(=NCC1CCN(c2cccc(Br)c2)C1)NC1CC1.I. The monoisotopic (exact) mass is 492 g/mol. The van der Waals surface area contributed by atoms with E-state index < -0.39 is 0 Å². The maximum absolute atomic E-state index is 4.78. The smallest absolute Gasteiger partial charge is 0.191 e. The Kier molecular flexibility index (Phi) is 7.46. The zero-order chi connectivity index (χ0) is 15.4. The number of aliphatic imine (C=N–C) groups is 1. The van der Waals surface area contributed by atoms with Crippen LogP contribution < -0.4 is 15.5 Å². The van der Waals surface area contributed by atoms with Crippen molar-refractivity contribution < 1.29 is 0 Å². The van der Waals surface area contributed by atoms with E-state index in [0.29, 0.717) is 12.0 Å². The third-order valence-corrected chi connectivity index (χ3v) is 4.72. The van der Waals surface area contributed by atoms with Crippen molar-refractivity contribution in [3.63, 3.8) is 0 Å². The van der Waals surface area contributed by atoms with Crippen LogP contribution in [0.15, 0.2) is 33.7 Å². The highest BCUT2D eigenvalue weighted by atomic mass is 127. The van der Waals surface area contributed by atoms with Gasteiger partial charge in [-0.3, -0.25) is 4.99 Å². The summed E-state index contributed by atoms with van der Waals surface area (Å²) in [7, 11) is 0. The minimum absolute atomic E-state index is 0. The van der Waals surface area contributed by atoms with Crippen molar-refractivity contribution >= 4 is 51.6 Å². The van der Waals surface area contributed by atoms with Crippen LogP contribution in [0.2, 0.25) is 0 Å². The molecule has 1 aliphatic heterocycles. The van der Waals surface area contributed by atoms with Crippen molar-refractivity contribution in [1.29, 1.82) is 0 Å². The second-order valence-corrected chi connectivity index (χ2v) is 7.13. The Balaban J connectivity index is 0.00000192. The molecule has 1 heterocycles. The molecule has 0 radical (unpaired) electrons. The van der Waals surface area contributed by atoms with Crippen LogP contribution in [0.3, 0.4) is 0 Å². The number of nitrogens with one attached hydrogen (secondary N) is 2. The standard InChI is InChI=1S/C17H25BrN4.HI/c1-2-19-17(21-15-6-7-15)20-11-13-8-9-22(12-13)16-5-3-4-14(18)10-16;/h3-5,10,13,15H,2,6-9,11-12H2,1H3,(H2,19,20,21);1H. The number of halogens is 2. The molecule has 2 aliphatic rings. The molecule has 128 valence electrons. The molecule has 0 amide bonds. The average Bonchev–Trinajstić information content (AvgIpc) is 3.20. The van der Waals surface area contributed by atoms with E-state index in [2.05, 4.69) is 62.7 Å². The summed E-state index contributed by atoms with van der Waals surface area (Å²) in [6.07, 6.45) is 3.79. The fraction of sp³-hybridized carbons (Fsp3) is 0.588. The maximum Gasteiger partial charge on any atom is 0.191 e. The Labute approximate surface area is 164 Å². The highest BCUT2D eigenvalue weighted by Gasteiger charge is 2.24. The predicted molar refractivity (Wildman–Crippen MR) is 112 cm³/mol. The molecule has 1 saturated carbocycles. The maximum atomic E-state index is 4.78. The third kappa shape index (κ3) is 5.81. The van der Waals surface area contributed by atoms with Gasteiger partial charge >= 0.3 is 0 Å². The van der Waals surface area contributed by atoms with E-state index in [0.717, 1.165) is 36.6 Å². The van der Waals surface area contributed by atoms with Crippen LogP contribution in [0.1, 0.15) is 26.2 Å². The van der Waals surface area contributed by atoms with Crippen molar-refractivity contribution in [3.05, 3.63) is 28.7 Å². The van der Waals surface area contributed by atoms with Crippen molar-refractivity contribution in [3.8, 4) is 0 Å². The first kappa shape index (κ1) is 18.8. The van der Waals surface area contributed by atoms with E-state index in [9.17, 15) is 0 Å². The number of anilines is 1. The largest absolute Gasteiger partial charge is 0.371 e. The lowest BCUT2D eigenvalue weighted by molar-refractivity contribution is 0.599. The van der Waals surface area contributed by atoms with E-state index in [1.54, 1.807) is 0 Å². The van der Waals surface area contributed by atoms with Gasteiger partial charge in [0.1, 0.15) is 0 Å². The Morgan fingerprint density at radius 2 is 2.17 bits per heavy atom. The Morgan fingerprint density at radius 1 is 1.35 bits per heavy atom. The Hall–Kier alpha value is -0.500. The molecule has 1 aromatic carbocycles. The molecule has 0 aromatic heterocycles. The minimum atomic E-state index is 0. The first-order valence-electron chi connectivity index (χ1n) is 8.30. The van der Waals surface area contributed by atoms with Crippen LogP contribution in [0, 0.1) is 5.92 Å². The Bertz CT molecular complexity index is 533. The zero-order valence-electron chi connectivity index (χ0n) is 13.6. The van der Waals surface area contributed by atoms with Crippen LogP contribution in [0.25, 0.3) is 0 Å².